The number of rotatable bonds is 2. The van der Waals surface area contributed by atoms with E-state index in [2.05, 4.69) is 10.9 Å². The zero-order valence-corrected chi connectivity index (χ0v) is 6.70. The van der Waals surface area contributed by atoms with Crippen LogP contribution in [0.3, 0.4) is 0 Å². The molecule has 1 aromatic heterocycles. The first-order valence-electron chi connectivity index (χ1n) is 3.65. The summed E-state index contributed by atoms with van der Waals surface area (Å²) in [7, 11) is 0. The van der Waals surface area contributed by atoms with E-state index in [1.165, 1.54) is 0 Å². The second kappa shape index (κ2) is 3.86. The molecule has 1 atom stereocenters. The zero-order chi connectivity index (χ0) is 8.97. The Morgan fingerprint density at radius 3 is 3.00 bits per heavy atom. The van der Waals surface area contributed by atoms with Crippen molar-refractivity contribution in [1.82, 2.24) is 4.98 Å². The molecule has 0 saturated heterocycles. The molecule has 0 aromatic carbocycles. The van der Waals surface area contributed by atoms with Crippen LogP contribution in [0.2, 0.25) is 0 Å². The van der Waals surface area contributed by atoms with E-state index in [4.69, 9.17) is 17.9 Å². The van der Waals surface area contributed by atoms with Crippen molar-refractivity contribution in [2.75, 3.05) is 6.54 Å². The summed E-state index contributed by atoms with van der Waals surface area (Å²) < 4.78 is 0. The first kappa shape index (κ1) is 8.72. The Kier molecular flexibility index (Phi) is 2.81. The van der Waals surface area contributed by atoms with Gasteiger partial charge in [0.25, 0.3) is 0 Å². The number of pyridine rings is 1. The summed E-state index contributed by atoms with van der Waals surface area (Å²) >= 11 is 0. The van der Waals surface area contributed by atoms with E-state index in [1.54, 1.807) is 18.5 Å². The van der Waals surface area contributed by atoms with Gasteiger partial charge in [0.05, 0.1) is 0 Å². The molecule has 1 rings (SSSR count). The highest BCUT2D eigenvalue weighted by Crippen LogP contribution is 2.12. The molecule has 0 radical (unpaired) electrons. The maximum atomic E-state index is 5.72. The van der Waals surface area contributed by atoms with Gasteiger partial charge in [-0.2, -0.15) is 0 Å². The predicted molar refractivity (Wildman–Crippen MR) is 48.2 cm³/mol. The molecule has 0 spiro atoms. The summed E-state index contributed by atoms with van der Waals surface area (Å²) in [6.07, 6.45) is 8.53. The van der Waals surface area contributed by atoms with E-state index in [0.29, 0.717) is 6.54 Å². The van der Waals surface area contributed by atoms with Gasteiger partial charge in [-0.05, 0) is 11.6 Å². The minimum atomic E-state index is -0.195. The summed E-state index contributed by atoms with van der Waals surface area (Å²) in [6.45, 7) is 0.388. The van der Waals surface area contributed by atoms with Gasteiger partial charge < -0.3 is 11.5 Å². The molecule has 0 bridgehead atoms. The van der Waals surface area contributed by atoms with E-state index < -0.39 is 0 Å². The molecular formula is C9H11N3. The van der Waals surface area contributed by atoms with Crippen LogP contribution in [-0.4, -0.2) is 11.5 Å². The Bertz CT molecular complexity index is 301. The number of nitrogens with two attached hydrogens (primary N) is 2. The number of aromatic nitrogens is 1. The van der Waals surface area contributed by atoms with Crippen molar-refractivity contribution < 1.29 is 0 Å². The molecule has 0 saturated carbocycles. The number of nitrogens with zero attached hydrogens (tertiary/aromatic N) is 1. The molecular weight excluding hydrogens is 150 g/mol. The topological polar surface area (TPSA) is 64.9 Å². The van der Waals surface area contributed by atoms with Crippen LogP contribution in [0.15, 0.2) is 18.5 Å². The van der Waals surface area contributed by atoms with Crippen molar-refractivity contribution in [1.29, 1.82) is 0 Å². The van der Waals surface area contributed by atoms with Crippen LogP contribution in [0.1, 0.15) is 17.2 Å². The van der Waals surface area contributed by atoms with Crippen LogP contribution >= 0.6 is 0 Å². The molecule has 0 unspecified atom stereocenters. The van der Waals surface area contributed by atoms with E-state index in [1.807, 2.05) is 0 Å². The van der Waals surface area contributed by atoms with Crippen LogP contribution in [0.4, 0.5) is 0 Å². The molecule has 12 heavy (non-hydrogen) atoms. The van der Waals surface area contributed by atoms with Crippen molar-refractivity contribution in [2.45, 2.75) is 6.04 Å². The van der Waals surface area contributed by atoms with Gasteiger partial charge in [-0.1, -0.05) is 5.92 Å². The summed E-state index contributed by atoms with van der Waals surface area (Å²) in [5.41, 5.74) is 12.7. The van der Waals surface area contributed by atoms with Crippen molar-refractivity contribution in [2.24, 2.45) is 11.5 Å². The van der Waals surface area contributed by atoms with E-state index in [-0.39, 0.29) is 6.04 Å². The van der Waals surface area contributed by atoms with Crippen LogP contribution in [-0.2, 0) is 0 Å². The van der Waals surface area contributed by atoms with Crippen molar-refractivity contribution in [3.05, 3.63) is 29.6 Å². The maximum Gasteiger partial charge on any atom is 0.0474 e. The molecule has 0 aliphatic heterocycles. The lowest BCUT2D eigenvalue weighted by atomic mass is 10.0. The van der Waals surface area contributed by atoms with E-state index in [9.17, 15) is 0 Å². The predicted octanol–water partition coefficient (Wildman–Crippen LogP) is 0.0214. The minimum absolute atomic E-state index is 0.195. The fourth-order valence-corrected chi connectivity index (χ4v) is 0.976. The lowest BCUT2D eigenvalue weighted by Gasteiger charge is -2.10. The maximum absolute atomic E-state index is 5.72. The second-order valence-electron chi connectivity index (χ2n) is 2.45. The molecule has 0 aliphatic carbocycles. The zero-order valence-electron chi connectivity index (χ0n) is 6.70. The number of hydrogen-bond acceptors (Lipinski definition) is 3. The van der Waals surface area contributed by atoms with Gasteiger partial charge in [-0.3, -0.25) is 4.98 Å². The fraction of sp³-hybridized carbons (Fsp3) is 0.222. The van der Waals surface area contributed by atoms with E-state index >= 15 is 0 Å². The highest BCUT2D eigenvalue weighted by atomic mass is 14.7. The molecule has 0 amide bonds. The van der Waals surface area contributed by atoms with Crippen LogP contribution in [0.25, 0.3) is 0 Å². The average Bonchev–Trinajstić information content (AvgIpc) is 2.16. The lowest BCUT2D eigenvalue weighted by molar-refractivity contribution is 0.733. The Labute approximate surface area is 71.8 Å². The third-order valence-corrected chi connectivity index (χ3v) is 1.66. The van der Waals surface area contributed by atoms with Crippen molar-refractivity contribution in [3.63, 3.8) is 0 Å². The van der Waals surface area contributed by atoms with Gasteiger partial charge in [0, 0.05) is 30.5 Å². The molecule has 4 N–H and O–H groups in total. The Hall–Kier alpha value is -1.37. The summed E-state index contributed by atoms with van der Waals surface area (Å²) in [5, 5.41) is 0. The summed E-state index contributed by atoms with van der Waals surface area (Å²) in [6, 6.07) is 1.60. The monoisotopic (exact) mass is 161 g/mol. The largest absolute Gasteiger partial charge is 0.329 e. The van der Waals surface area contributed by atoms with Gasteiger partial charge in [-0.15, -0.1) is 6.42 Å². The van der Waals surface area contributed by atoms with Crippen molar-refractivity contribution in [3.8, 4) is 12.3 Å². The Morgan fingerprint density at radius 1 is 1.67 bits per heavy atom. The Balaban J connectivity index is 3.07. The summed E-state index contributed by atoms with van der Waals surface area (Å²) in [5.74, 6) is 2.51. The quantitative estimate of drug-likeness (QED) is 0.601. The van der Waals surface area contributed by atoms with Crippen molar-refractivity contribution >= 4 is 0 Å². The van der Waals surface area contributed by atoms with Gasteiger partial charge in [0.1, 0.15) is 0 Å². The highest BCUT2D eigenvalue weighted by Gasteiger charge is 2.06. The fourth-order valence-electron chi connectivity index (χ4n) is 0.976. The van der Waals surface area contributed by atoms with Gasteiger partial charge in [0.2, 0.25) is 0 Å². The third kappa shape index (κ3) is 1.62. The average molecular weight is 161 g/mol. The molecule has 1 aromatic rings. The molecule has 3 heteroatoms. The Morgan fingerprint density at radius 2 is 2.42 bits per heavy atom. The minimum Gasteiger partial charge on any atom is -0.329 e. The van der Waals surface area contributed by atoms with Crippen LogP contribution in [0, 0.1) is 12.3 Å². The van der Waals surface area contributed by atoms with Crippen LogP contribution < -0.4 is 11.5 Å². The van der Waals surface area contributed by atoms with Gasteiger partial charge >= 0.3 is 0 Å². The highest BCUT2D eigenvalue weighted by molar-refractivity contribution is 5.39. The molecule has 3 nitrogen and oxygen atoms in total. The first-order valence-corrected chi connectivity index (χ1v) is 3.65. The SMILES string of the molecule is C#Cc1cnccc1[C@H](N)CN. The molecule has 0 fully saturated rings. The van der Waals surface area contributed by atoms with Gasteiger partial charge in [0.15, 0.2) is 0 Å². The molecule has 0 aliphatic rings. The first-order chi connectivity index (χ1) is 5.79. The second-order valence-corrected chi connectivity index (χ2v) is 2.45. The smallest absolute Gasteiger partial charge is 0.0474 e. The van der Waals surface area contributed by atoms with Gasteiger partial charge in [-0.25, -0.2) is 0 Å². The molecule has 1 heterocycles. The van der Waals surface area contributed by atoms with Crippen LogP contribution in [0.5, 0.6) is 0 Å². The van der Waals surface area contributed by atoms with E-state index in [0.717, 1.165) is 11.1 Å². The standard InChI is InChI=1S/C9H11N3/c1-2-7-6-12-4-3-8(7)9(11)5-10/h1,3-4,6,9H,5,10-11H2/t9-/m1/s1. The lowest BCUT2D eigenvalue weighted by Crippen LogP contribution is -2.21. The summed E-state index contributed by atoms with van der Waals surface area (Å²) in [4.78, 5) is 3.89. The number of terminal acetylenes is 1. The number of hydrogen-bond donors (Lipinski definition) is 2. The normalized spacial score (nSPS) is 12.1. The molecule has 62 valence electrons. The third-order valence-electron chi connectivity index (χ3n) is 1.66.